The molecule has 106 valence electrons. The topological polar surface area (TPSA) is 38.0 Å². The summed E-state index contributed by atoms with van der Waals surface area (Å²) in [6.45, 7) is 4.10. The largest absolute Gasteiger partial charge is 0.383 e. The molecule has 0 fully saturated rings. The minimum absolute atomic E-state index is 0.179. The lowest BCUT2D eigenvalue weighted by Gasteiger charge is -2.35. The Bertz CT molecular complexity index is 635. The van der Waals surface area contributed by atoms with Gasteiger partial charge in [0.05, 0.1) is 16.9 Å². The molecule has 1 aromatic carbocycles. The number of rotatable bonds is 2. The number of fused-ring (bicyclic) bond motifs is 1. The van der Waals surface area contributed by atoms with E-state index in [4.69, 9.17) is 11.6 Å². The van der Waals surface area contributed by atoms with Crippen LogP contribution >= 0.6 is 11.6 Å². The Morgan fingerprint density at radius 1 is 1.30 bits per heavy atom. The summed E-state index contributed by atoms with van der Waals surface area (Å²) in [5.41, 5.74) is 2.35. The van der Waals surface area contributed by atoms with Crippen LogP contribution in [0.2, 0.25) is 5.02 Å². The van der Waals surface area contributed by atoms with E-state index in [0.717, 1.165) is 12.1 Å². The summed E-state index contributed by atoms with van der Waals surface area (Å²) in [6, 6.07) is 8.47. The number of aryl methyl sites for hydroxylation is 1. The molecule has 0 aliphatic heterocycles. The number of benzene rings is 1. The highest BCUT2D eigenvalue weighted by Crippen LogP contribution is 2.40. The molecule has 0 spiro atoms. The molecular weight excluding hydrogens is 272 g/mol. The monoisotopic (exact) mass is 290 g/mol. The number of hydrogen-bond acceptors (Lipinski definition) is 2. The van der Waals surface area contributed by atoms with E-state index < -0.39 is 5.60 Å². The van der Waals surface area contributed by atoms with Crippen molar-refractivity contribution in [3.8, 4) is 0 Å². The summed E-state index contributed by atoms with van der Waals surface area (Å²) in [4.78, 5) is 0. The highest BCUT2D eigenvalue weighted by molar-refractivity contribution is 6.31. The third-order valence-electron chi connectivity index (χ3n) is 4.09. The Hall–Kier alpha value is -1.32. The minimum atomic E-state index is -0.924. The molecule has 1 aromatic heterocycles. The second-order valence-corrected chi connectivity index (χ2v) is 6.26. The smallest absolute Gasteiger partial charge is 0.112 e. The molecule has 1 heterocycles. The first-order valence-corrected chi connectivity index (χ1v) is 7.42. The van der Waals surface area contributed by atoms with Gasteiger partial charge in [0.1, 0.15) is 5.60 Å². The van der Waals surface area contributed by atoms with Crippen LogP contribution in [0.3, 0.4) is 0 Å². The van der Waals surface area contributed by atoms with E-state index in [2.05, 4.69) is 23.3 Å². The summed E-state index contributed by atoms with van der Waals surface area (Å²) in [5.74, 6) is 0. The van der Waals surface area contributed by atoms with Crippen molar-refractivity contribution in [2.45, 2.75) is 44.8 Å². The van der Waals surface area contributed by atoms with Gasteiger partial charge in [0, 0.05) is 12.5 Å². The first kappa shape index (κ1) is 13.7. The quantitative estimate of drug-likeness (QED) is 0.919. The lowest BCUT2D eigenvalue weighted by molar-refractivity contribution is 0.0125. The standard InChI is InChI=1S/C16H19ClN2O/c1-11(2)19-15(14(17)10-18-19)16(20)8-7-12-5-3-4-6-13(12)9-16/h3-6,10-11,20H,7-9H2,1-2H3. The number of nitrogens with zero attached hydrogens (tertiary/aromatic N) is 2. The first-order valence-electron chi connectivity index (χ1n) is 7.04. The van der Waals surface area contributed by atoms with Crippen molar-refractivity contribution in [1.29, 1.82) is 0 Å². The number of halogens is 1. The summed E-state index contributed by atoms with van der Waals surface area (Å²) >= 11 is 6.30. The average Bonchev–Trinajstić information content (AvgIpc) is 2.81. The molecule has 4 heteroatoms. The Morgan fingerprint density at radius 2 is 2.00 bits per heavy atom. The van der Waals surface area contributed by atoms with Gasteiger partial charge >= 0.3 is 0 Å². The van der Waals surface area contributed by atoms with Crippen LogP contribution in [0, 0.1) is 0 Å². The fourth-order valence-corrected chi connectivity index (χ4v) is 3.40. The summed E-state index contributed by atoms with van der Waals surface area (Å²) in [7, 11) is 0. The van der Waals surface area contributed by atoms with Gasteiger partial charge in [-0.3, -0.25) is 4.68 Å². The van der Waals surface area contributed by atoms with E-state index in [1.165, 1.54) is 11.1 Å². The van der Waals surface area contributed by atoms with E-state index >= 15 is 0 Å². The maximum absolute atomic E-state index is 11.1. The molecule has 3 nitrogen and oxygen atoms in total. The van der Waals surface area contributed by atoms with Crippen LogP contribution in [0.25, 0.3) is 0 Å². The molecule has 3 rings (SSSR count). The third-order valence-corrected chi connectivity index (χ3v) is 4.37. The van der Waals surface area contributed by atoms with Crippen LogP contribution in [-0.4, -0.2) is 14.9 Å². The molecule has 2 aromatic rings. The normalized spacial score (nSPS) is 22.1. The second kappa shape index (κ2) is 4.90. The van der Waals surface area contributed by atoms with Gasteiger partial charge in [0.2, 0.25) is 0 Å². The van der Waals surface area contributed by atoms with Crippen LogP contribution in [0.1, 0.15) is 43.1 Å². The molecule has 0 amide bonds. The Morgan fingerprint density at radius 3 is 2.70 bits per heavy atom. The van der Waals surface area contributed by atoms with Crippen LogP contribution in [0.5, 0.6) is 0 Å². The van der Waals surface area contributed by atoms with Crippen molar-refractivity contribution in [2.24, 2.45) is 0 Å². The predicted octanol–water partition coefficient (Wildman–Crippen LogP) is 3.49. The van der Waals surface area contributed by atoms with Gasteiger partial charge < -0.3 is 5.11 Å². The van der Waals surface area contributed by atoms with Crippen molar-refractivity contribution in [1.82, 2.24) is 9.78 Å². The van der Waals surface area contributed by atoms with Gasteiger partial charge in [-0.05, 0) is 37.8 Å². The molecular formula is C16H19ClN2O. The third kappa shape index (κ3) is 2.15. The summed E-state index contributed by atoms with van der Waals surface area (Å²) in [6.07, 6.45) is 3.78. The van der Waals surface area contributed by atoms with Crippen molar-refractivity contribution in [3.05, 3.63) is 52.3 Å². The lowest BCUT2D eigenvalue weighted by Crippen LogP contribution is -2.36. The molecule has 1 unspecified atom stereocenters. The van der Waals surface area contributed by atoms with Gasteiger partial charge in [-0.1, -0.05) is 35.9 Å². The molecule has 0 bridgehead atoms. The number of hydrogen-bond donors (Lipinski definition) is 1. The minimum Gasteiger partial charge on any atom is -0.383 e. The maximum Gasteiger partial charge on any atom is 0.112 e. The van der Waals surface area contributed by atoms with E-state index in [1.54, 1.807) is 6.20 Å². The number of aromatic nitrogens is 2. The van der Waals surface area contributed by atoms with E-state index in [-0.39, 0.29) is 6.04 Å². The predicted molar refractivity (Wildman–Crippen MR) is 80.0 cm³/mol. The van der Waals surface area contributed by atoms with Crippen molar-refractivity contribution < 1.29 is 5.11 Å². The van der Waals surface area contributed by atoms with E-state index in [1.807, 2.05) is 24.6 Å². The van der Waals surface area contributed by atoms with Crippen LogP contribution < -0.4 is 0 Å². The fraction of sp³-hybridized carbons (Fsp3) is 0.438. The molecule has 0 saturated heterocycles. The molecule has 1 aliphatic rings. The van der Waals surface area contributed by atoms with Gasteiger partial charge in [-0.2, -0.15) is 5.10 Å². The second-order valence-electron chi connectivity index (χ2n) is 5.86. The summed E-state index contributed by atoms with van der Waals surface area (Å²) < 4.78 is 1.84. The molecule has 20 heavy (non-hydrogen) atoms. The summed E-state index contributed by atoms with van der Waals surface area (Å²) in [5, 5.41) is 16.0. The van der Waals surface area contributed by atoms with Crippen molar-refractivity contribution >= 4 is 11.6 Å². The van der Waals surface area contributed by atoms with Crippen LogP contribution in [0.15, 0.2) is 30.5 Å². The Balaban J connectivity index is 2.05. The fourth-order valence-electron chi connectivity index (χ4n) is 3.09. The van der Waals surface area contributed by atoms with E-state index in [9.17, 15) is 5.11 Å². The van der Waals surface area contributed by atoms with Gasteiger partial charge in [-0.15, -0.1) is 0 Å². The first-order chi connectivity index (χ1) is 9.51. The highest BCUT2D eigenvalue weighted by Gasteiger charge is 2.38. The van der Waals surface area contributed by atoms with Crippen molar-refractivity contribution in [2.75, 3.05) is 0 Å². The Labute approximate surface area is 124 Å². The van der Waals surface area contributed by atoms with Gasteiger partial charge in [0.25, 0.3) is 0 Å². The van der Waals surface area contributed by atoms with Crippen molar-refractivity contribution in [3.63, 3.8) is 0 Å². The molecule has 1 aliphatic carbocycles. The zero-order chi connectivity index (χ0) is 14.3. The zero-order valence-corrected chi connectivity index (χ0v) is 12.6. The average molecular weight is 291 g/mol. The molecule has 0 radical (unpaired) electrons. The highest BCUT2D eigenvalue weighted by atomic mass is 35.5. The Kier molecular flexibility index (Phi) is 3.35. The van der Waals surface area contributed by atoms with Gasteiger partial charge in [0.15, 0.2) is 0 Å². The SMILES string of the molecule is CC(C)n1ncc(Cl)c1C1(O)CCc2ccccc2C1. The van der Waals surface area contributed by atoms with Crippen LogP contribution in [-0.2, 0) is 18.4 Å². The van der Waals surface area contributed by atoms with Crippen LogP contribution in [0.4, 0.5) is 0 Å². The van der Waals surface area contributed by atoms with Gasteiger partial charge in [-0.25, -0.2) is 0 Å². The molecule has 0 saturated carbocycles. The maximum atomic E-state index is 11.1. The lowest BCUT2D eigenvalue weighted by atomic mass is 9.78. The molecule has 1 atom stereocenters. The molecule has 1 N–H and O–H groups in total. The zero-order valence-electron chi connectivity index (χ0n) is 11.8. The number of aliphatic hydroxyl groups is 1. The van der Waals surface area contributed by atoms with E-state index in [0.29, 0.717) is 17.9 Å².